The molecule has 0 saturated carbocycles. The minimum atomic E-state index is -0.695. The third-order valence-corrected chi connectivity index (χ3v) is 5.02. The van der Waals surface area contributed by atoms with Gasteiger partial charge in [0.25, 0.3) is 0 Å². The minimum absolute atomic E-state index is 0.151. The molecule has 0 saturated heterocycles. The molecule has 0 fully saturated rings. The summed E-state index contributed by atoms with van der Waals surface area (Å²) in [4.78, 5) is 23.8. The topological polar surface area (TPSA) is 43.4 Å². The second-order valence-electron chi connectivity index (χ2n) is 7.46. The number of carbonyl (C=O) groups is 2. The highest BCUT2D eigenvalue weighted by Crippen LogP contribution is 2.17. The van der Waals surface area contributed by atoms with Crippen molar-refractivity contribution >= 4 is 11.8 Å². The van der Waals surface area contributed by atoms with Crippen LogP contribution in [0.2, 0.25) is 0 Å². The fraction of sp³-hybridized carbons (Fsp3) is 0.750. The first kappa shape index (κ1) is 25.6. The molecule has 0 N–H and O–H groups in total. The minimum Gasteiger partial charge on any atom is -0.461 e. The number of unbranched alkanes of at least 4 members (excludes halogenated alkanes) is 13. The molecule has 0 bridgehead atoms. The van der Waals surface area contributed by atoms with Gasteiger partial charge in [-0.3, -0.25) is 9.59 Å². The third-order valence-electron chi connectivity index (χ3n) is 5.02. The van der Waals surface area contributed by atoms with Crippen LogP contribution >= 0.6 is 0 Å². The quantitative estimate of drug-likeness (QED) is 0.0756. The van der Waals surface area contributed by atoms with Gasteiger partial charge in [0, 0.05) is 0 Å². The molecule has 156 valence electrons. The zero-order chi connectivity index (χ0) is 20.2. The van der Waals surface area contributed by atoms with Gasteiger partial charge >= 0.3 is 5.97 Å². The molecule has 27 heavy (non-hydrogen) atoms. The molecule has 0 aliphatic carbocycles. The Bertz CT molecular complexity index is 400. The van der Waals surface area contributed by atoms with Crippen LogP contribution in [0.4, 0.5) is 0 Å². The molecule has 1 atom stereocenters. The maximum absolute atomic E-state index is 11.9. The lowest BCUT2D eigenvalue weighted by Gasteiger charge is -2.12. The van der Waals surface area contributed by atoms with Gasteiger partial charge in [-0.1, -0.05) is 116 Å². The summed E-state index contributed by atoms with van der Waals surface area (Å²) in [6.07, 6.45) is 21.3. The highest BCUT2D eigenvalue weighted by Gasteiger charge is 2.25. The van der Waals surface area contributed by atoms with Gasteiger partial charge in [-0.2, -0.15) is 0 Å². The van der Waals surface area contributed by atoms with E-state index in [0.29, 0.717) is 6.42 Å². The summed E-state index contributed by atoms with van der Waals surface area (Å²) >= 11 is 0. The summed E-state index contributed by atoms with van der Waals surface area (Å²) < 4.78 is 5.02. The molecule has 0 amide bonds. The molecule has 0 aliphatic heterocycles. The average molecular weight is 379 g/mol. The van der Waals surface area contributed by atoms with Gasteiger partial charge in [0.2, 0.25) is 0 Å². The maximum atomic E-state index is 11.9. The van der Waals surface area contributed by atoms with Crippen molar-refractivity contribution in [2.24, 2.45) is 5.92 Å². The molecular weight excluding hydrogens is 336 g/mol. The first-order valence-corrected chi connectivity index (χ1v) is 11.1. The number of rotatable bonds is 20. The standard InChI is InChI=1S/C24H42O3/c1-4-7-8-9-10-11-12-13-14-15-16-17-18-19-20-22(23(25)6-3)24(26)27-21-5-2/h5-6,22H,2-4,7-21H2,1H3. The number of hydrogen-bond donors (Lipinski definition) is 0. The van der Waals surface area contributed by atoms with Crippen LogP contribution in [0.25, 0.3) is 0 Å². The molecule has 0 rings (SSSR count). The van der Waals surface area contributed by atoms with E-state index in [1.807, 2.05) is 0 Å². The molecule has 0 aromatic rings. The summed E-state index contributed by atoms with van der Waals surface area (Å²) in [6, 6.07) is 0. The van der Waals surface area contributed by atoms with Crippen LogP contribution in [0.5, 0.6) is 0 Å². The lowest BCUT2D eigenvalue weighted by atomic mass is 9.96. The summed E-state index contributed by atoms with van der Waals surface area (Å²) in [5.74, 6) is -1.38. The second-order valence-corrected chi connectivity index (χ2v) is 7.46. The fourth-order valence-corrected chi connectivity index (χ4v) is 3.30. The molecule has 1 unspecified atom stereocenters. The Hall–Kier alpha value is -1.38. The summed E-state index contributed by atoms with van der Waals surface area (Å²) in [6.45, 7) is 9.41. The van der Waals surface area contributed by atoms with E-state index in [1.165, 1.54) is 89.2 Å². The summed E-state index contributed by atoms with van der Waals surface area (Å²) in [5, 5.41) is 0. The Morgan fingerprint density at radius 2 is 1.22 bits per heavy atom. The van der Waals surface area contributed by atoms with Gasteiger partial charge in [-0.15, -0.1) is 0 Å². The van der Waals surface area contributed by atoms with Crippen LogP contribution in [0, 0.1) is 5.92 Å². The van der Waals surface area contributed by atoms with E-state index in [4.69, 9.17) is 4.74 Å². The molecule has 0 spiro atoms. The summed E-state index contributed by atoms with van der Waals surface area (Å²) in [7, 11) is 0. The van der Waals surface area contributed by atoms with E-state index in [0.717, 1.165) is 12.8 Å². The van der Waals surface area contributed by atoms with Gasteiger partial charge < -0.3 is 4.74 Å². The van der Waals surface area contributed by atoms with Gasteiger partial charge in [0.1, 0.15) is 12.5 Å². The number of allylic oxidation sites excluding steroid dienone is 1. The Balaban J connectivity index is 3.59. The largest absolute Gasteiger partial charge is 0.461 e. The van der Waals surface area contributed by atoms with E-state index < -0.39 is 11.9 Å². The average Bonchev–Trinajstić information content (AvgIpc) is 2.68. The monoisotopic (exact) mass is 378 g/mol. The Morgan fingerprint density at radius 3 is 1.63 bits per heavy atom. The molecular formula is C24H42O3. The van der Waals surface area contributed by atoms with E-state index >= 15 is 0 Å². The van der Waals surface area contributed by atoms with Crippen molar-refractivity contribution in [2.45, 2.75) is 103 Å². The number of esters is 1. The van der Waals surface area contributed by atoms with Gasteiger partial charge in [0.15, 0.2) is 5.78 Å². The van der Waals surface area contributed by atoms with Gasteiger partial charge in [-0.05, 0) is 12.5 Å². The maximum Gasteiger partial charge on any atom is 0.317 e. The molecule has 3 nitrogen and oxygen atoms in total. The first-order chi connectivity index (χ1) is 13.2. The van der Waals surface area contributed by atoms with Crippen molar-refractivity contribution in [1.82, 2.24) is 0 Å². The van der Waals surface area contributed by atoms with Crippen molar-refractivity contribution in [1.29, 1.82) is 0 Å². The van der Waals surface area contributed by atoms with Crippen LogP contribution in [-0.2, 0) is 14.3 Å². The van der Waals surface area contributed by atoms with Crippen molar-refractivity contribution in [3.05, 3.63) is 25.3 Å². The predicted octanol–water partition coefficient (Wildman–Crippen LogP) is 6.96. The van der Waals surface area contributed by atoms with Crippen LogP contribution < -0.4 is 0 Å². The van der Waals surface area contributed by atoms with Crippen molar-refractivity contribution in [3.63, 3.8) is 0 Å². The SMILES string of the molecule is C=CCOC(=O)C(CCCCCCCCCCCCCCCC)C(=O)C=C. The van der Waals surface area contributed by atoms with Crippen LogP contribution in [-0.4, -0.2) is 18.4 Å². The second kappa shape index (κ2) is 19.4. The zero-order valence-corrected chi connectivity index (χ0v) is 17.7. The van der Waals surface area contributed by atoms with Gasteiger partial charge in [-0.25, -0.2) is 0 Å². The van der Waals surface area contributed by atoms with Crippen molar-refractivity contribution in [2.75, 3.05) is 6.61 Å². The Labute approximate surface area is 167 Å². The van der Waals surface area contributed by atoms with E-state index in [9.17, 15) is 9.59 Å². The summed E-state index contributed by atoms with van der Waals surface area (Å²) in [5.41, 5.74) is 0. The zero-order valence-electron chi connectivity index (χ0n) is 17.7. The Kier molecular flexibility index (Phi) is 18.4. The number of ketones is 1. The van der Waals surface area contributed by atoms with Crippen molar-refractivity contribution < 1.29 is 14.3 Å². The third kappa shape index (κ3) is 15.4. The lowest BCUT2D eigenvalue weighted by molar-refractivity contribution is -0.150. The molecule has 0 radical (unpaired) electrons. The van der Waals surface area contributed by atoms with Gasteiger partial charge in [0.05, 0.1) is 0 Å². The van der Waals surface area contributed by atoms with E-state index in [2.05, 4.69) is 20.1 Å². The van der Waals surface area contributed by atoms with Crippen molar-refractivity contribution in [3.8, 4) is 0 Å². The van der Waals surface area contributed by atoms with E-state index in [1.54, 1.807) is 0 Å². The number of hydrogen-bond acceptors (Lipinski definition) is 3. The molecule has 3 heteroatoms. The molecule has 0 aromatic carbocycles. The number of ether oxygens (including phenoxy) is 1. The number of carbonyl (C=O) groups excluding carboxylic acids is 2. The predicted molar refractivity (Wildman–Crippen MR) is 115 cm³/mol. The lowest BCUT2D eigenvalue weighted by Crippen LogP contribution is -2.25. The van der Waals surface area contributed by atoms with Crippen LogP contribution in [0.15, 0.2) is 25.3 Å². The first-order valence-electron chi connectivity index (χ1n) is 11.1. The Morgan fingerprint density at radius 1 is 0.778 bits per heavy atom. The molecule has 0 aliphatic rings. The highest BCUT2D eigenvalue weighted by molar-refractivity contribution is 6.04. The molecule has 0 heterocycles. The highest BCUT2D eigenvalue weighted by atomic mass is 16.5. The van der Waals surface area contributed by atoms with E-state index in [-0.39, 0.29) is 12.4 Å². The fourth-order valence-electron chi connectivity index (χ4n) is 3.30. The normalized spacial score (nSPS) is 11.7. The van der Waals surface area contributed by atoms with Crippen LogP contribution in [0.3, 0.4) is 0 Å². The molecule has 0 aromatic heterocycles. The smallest absolute Gasteiger partial charge is 0.317 e. The van der Waals surface area contributed by atoms with Crippen LogP contribution in [0.1, 0.15) is 103 Å².